The van der Waals surface area contributed by atoms with Crippen molar-refractivity contribution < 1.29 is 27.5 Å². The zero-order chi connectivity index (χ0) is 23.5. The zero-order valence-corrected chi connectivity index (χ0v) is 17.0. The van der Waals surface area contributed by atoms with Crippen molar-refractivity contribution in [1.29, 1.82) is 0 Å². The van der Waals surface area contributed by atoms with Crippen molar-refractivity contribution in [2.24, 2.45) is 0 Å². The number of alkyl halides is 3. The molecule has 0 aliphatic rings. The molecule has 32 heavy (non-hydrogen) atoms. The summed E-state index contributed by atoms with van der Waals surface area (Å²) in [6, 6.07) is 9.18. The number of nitrogens with zero attached hydrogens (tertiary/aromatic N) is 2. The van der Waals surface area contributed by atoms with E-state index in [0.717, 1.165) is 18.2 Å². The Hall–Kier alpha value is -3.33. The largest absolute Gasteiger partial charge is 0.416 e. The Morgan fingerprint density at radius 2 is 1.81 bits per heavy atom. The molecule has 1 N–H and O–H groups in total. The van der Waals surface area contributed by atoms with Crippen molar-refractivity contribution in [3.8, 4) is 0 Å². The molecule has 5 nitrogen and oxygen atoms in total. The lowest BCUT2D eigenvalue weighted by Crippen LogP contribution is -2.25. The Bertz CT molecular complexity index is 1150. The molecule has 2 heterocycles. The minimum atomic E-state index is -4.53. The fourth-order valence-electron chi connectivity index (χ4n) is 3.36. The molecule has 0 spiro atoms. The van der Waals surface area contributed by atoms with Gasteiger partial charge in [-0.15, -0.1) is 0 Å². The van der Waals surface area contributed by atoms with Gasteiger partial charge in [0.25, 0.3) is 5.56 Å². The number of hydrogen-bond acceptors (Lipinski definition) is 4. The number of aliphatic hydroxyl groups is 1. The zero-order valence-electron chi connectivity index (χ0n) is 17.0. The summed E-state index contributed by atoms with van der Waals surface area (Å²) in [6.07, 6.45) is -3.00. The highest BCUT2D eigenvalue weighted by molar-refractivity contribution is 5.96. The molecule has 1 aromatic carbocycles. The van der Waals surface area contributed by atoms with Crippen LogP contribution in [0.5, 0.6) is 0 Å². The summed E-state index contributed by atoms with van der Waals surface area (Å²) < 4.78 is 54.5. The monoisotopic (exact) mass is 448 g/mol. The average molecular weight is 448 g/mol. The van der Waals surface area contributed by atoms with Crippen molar-refractivity contribution in [1.82, 2.24) is 9.55 Å². The van der Waals surface area contributed by atoms with E-state index in [1.54, 1.807) is 0 Å². The van der Waals surface area contributed by atoms with Crippen LogP contribution in [0.4, 0.5) is 17.6 Å². The molecule has 0 aliphatic carbocycles. The van der Waals surface area contributed by atoms with Crippen LogP contribution in [-0.2, 0) is 12.7 Å². The van der Waals surface area contributed by atoms with Crippen LogP contribution in [0.1, 0.15) is 46.4 Å². The molecule has 0 saturated carbocycles. The maximum Gasteiger partial charge on any atom is 0.416 e. The molecule has 0 amide bonds. The average Bonchev–Trinajstić information content (AvgIpc) is 2.73. The number of halogens is 4. The molecule has 2 aromatic heterocycles. The van der Waals surface area contributed by atoms with Crippen molar-refractivity contribution >= 4 is 5.78 Å². The number of carbonyl (C=O) groups is 1. The highest BCUT2D eigenvalue weighted by Gasteiger charge is 2.31. The van der Waals surface area contributed by atoms with Crippen LogP contribution < -0.4 is 5.56 Å². The van der Waals surface area contributed by atoms with E-state index in [1.165, 1.54) is 54.2 Å². The van der Waals surface area contributed by atoms with E-state index < -0.39 is 40.9 Å². The predicted octanol–water partition coefficient (Wildman–Crippen LogP) is 4.19. The predicted molar refractivity (Wildman–Crippen MR) is 109 cm³/mol. The number of rotatable bonds is 7. The fraction of sp³-hybridized carbons (Fsp3) is 0.261. The van der Waals surface area contributed by atoms with Crippen LogP contribution in [0.15, 0.2) is 65.7 Å². The molecule has 3 aromatic rings. The van der Waals surface area contributed by atoms with Gasteiger partial charge in [-0.2, -0.15) is 13.2 Å². The first-order chi connectivity index (χ1) is 15.1. The Morgan fingerprint density at radius 3 is 2.41 bits per heavy atom. The fourth-order valence-corrected chi connectivity index (χ4v) is 3.36. The number of hydrogen-bond donors (Lipinski definition) is 1. The van der Waals surface area contributed by atoms with Crippen molar-refractivity contribution in [2.45, 2.75) is 38.1 Å². The first kappa shape index (κ1) is 23.3. The third-order valence-corrected chi connectivity index (χ3v) is 4.91. The molecule has 0 unspecified atom stereocenters. The summed E-state index contributed by atoms with van der Waals surface area (Å²) >= 11 is 0. The second-order valence-corrected chi connectivity index (χ2v) is 7.43. The Kier molecular flexibility index (Phi) is 6.88. The number of ketones is 1. The smallest absolute Gasteiger partial charge is 0.392 e. The molecule has 2 atom stereocenters. The molecular weight excluding hydrogens is 428 g/mol. The van der Waals surface area contributed by atoms with E-state index in [0.29, 0.717) is 5.56 Å². The third kappa shape index (κ3) is 5.47. The van der Waals surface area contributed by atoms with Gasteiger partial charge in [0.1, 0.15) is 5.82 Å². The number of benzene rings is 1. The summed E-state index contributed by atoms with van der Waals surface area (Å²) in [5, 5.41) is 9.54. The van der Waals surface area contributed by atoms with Crippen molar-refractivity contribution in [2.75, 3.05) is 0 Å². The van der Waals surface area contributed by atoms with Crippen LogP contribution >= 0.6 is 0 Å². The lowest BCUT2D eigenvalue weighted by atomic mass is 9.88. The highest BCUT2D eigenvalue weighted by atomic mass is 19.4. The number of Topliss-reactive ketones (excluding diaryl/α,β-unsaturated/α-hetero) is 1. The van der Waals surface area contributed by atoms with Gasteiger partial charge in [0, 0.05) is 36.4 Å². The standard InChI is InChI=1S/C23H20F4N2O3/c1-14(30)12-29-13-16(6-9-21(29)32)20(31)11-18(22-19(24)3-2-10-28-22)15-4-7-17(8-5-15)23(25,26)27/h2-10,13-14,18,30H,11-12H2,1H3/t14-,18-/m0/s1. The van der Waals surface area contributed by atoms with Gasteiger partial charge in [-0.25, -0.2) is 4.39 Å². The van der Waals surface area contributed by atoms with Crippen LogP contribution in [0, 0.1) is 5.82 Å². The Labute approximate surface area is 181 Å². The Balaban J connectivity index is 1.98. The van der Waals surface area contributed by atoms with Gasteiger partial charge in [-0.05, 0) is 42.8 Å². The summed E-state index contributed by atoms with van der Waals surface area (Å²) in [6.45, 7) is 1.47. The van der Waals surface area contributed by atoms with Crippen molar-refractivity contribution in [3.05, 3.63) is 99.5 Å². The maximum atomic E-state index is 14.5. The van der Waals surface area contributed by atoms with E-state index in [9.17, 15) is 32.3 Å². The lowest BCUT2D eigenvalue weighted by Gasteiger charge is -2.18. The van der Waals surface area contributed by atoms with E-state index in [1.807, 2.05) is 0 Å². The number of carbonyl (C=O) groups excluding carboxylic acids is 1. The van der Waals surface area contributed by atoms with Crippen LogP contribution in [0.25, 0.3) is 0 Å². The minimum absolute atomic E-state index is 0.0167. The summed E-state index contributed by atoms with van der Waals surface area (Å²) in [4.78, 5) is 28.9. The molecule has 0 fully saturated rings. The van der Waals surface area contributed by atoms with Gasteiger partial charge in [0.2, 0.25) is 0 Å². The van der Waals surface area contributed by atoms with E-state index in [-0.39, 0.29) is 24.2 Å². The van der Waals surface area contributed by atoms with Crippen molar-refractivity contribution in [3.63, 3.8) is 0 Å². The summed E-state index contributed by atoms with van der Waals surface area (Å²) in [7, 11) is 0. The first-order valence-electron chi connectivity index (χ1n) is 9.75. The lowest BCUT2D eigenvalue weighted by molar-refractivity contribution is -0.137. The molecule has 9 heteroatoms. The minimum Gasteiger partial charge on any atom is -0.392 e. The number of aliphatic hydroxyl groups excluding tert-OH is 1. The molecule has 3 rings (SSSR count). The van der Waals surface area contributed by atoms with Gasteiger partial charge in [0.15, 0.2) is 5.78 Å². The van der Waals surface area contributed by atoms with E-state index in [4.69, 9.17) is 0 Å². The van der Waals surface area contributed by atoms with E-state index >= 15 is 0 Å². The second kappa shape index (κ2) is 9.44. The topological polar surface area (TPSA) is 72.2 Å². The van der Waals surface area contributed by atoms with Crippen LogP contribution in [-0.4, -0.2) is 26.5 Å². The third-order valence-electron chi connectivity index (χ3n) is 4.91. The normalized spacial score (nSPS) is 13.6. The first-order valence-corrected chi connectivity index (χ1v) is 9.75. The summed E-state index contributed by atoms with van der Waals surface area (Å²) in [5.74, 6) is -2.09. The molecule has 0 bridgehead atoms. The number of pyridine rings is 2. The Morgan fingerprint density at radius 1 is 1.12 bits per heavy atom. The molecule has 0 radical (unpaired) electrons. The van der Waals surface area contributed by atoms with Gasteiger partial charge in [-0.3, -0.25) is 14.6 Å². The van der Waals surface area contributed by atoms with Crippen LogP contribution in [0.3, 0.4) is 0 Å². The molecule has 168 valence electrons. The van der Waals surface area contributed by atoms with Gasteiger partial charge in [0.05, 0.1) is 23.9 Å². The van der Waals surface area contributed by atoms with Crippen LogP contribution in [0.2, 0.25) is 0 Å². The highest BCUT2D eigenvalue weighted by Crippen LogP contribution is 2.33. The van der Waals surface area contributed by atoms with E-state index in [2.05, 4.69) is 4.98 Å². The molecular formula is C23H20F4N2O3. The number of aromatic nitrogens is 2. The van der Waals surface area contributed by atoms with Gasteiger partial charge in [-0.1, -0.05) is 12.1 Å². The van der Waals surface area contributed by atoms with Gasteiger partial charge < -0.3 is 9.67 Å². The quantitative estimate of drug-likeness (QED) is 0.435. The molecule has 0 aliphatic heterocycles. The second-order valence-electron chi connectivity index (χ2n) is 7.43. The van der Waals surface area contributed by atoms with Gasteiger partial charge >= 0.3 is 6.18 Å². The summed E-state index contributed by atoms with van der Waals surface area (Å²) in [5.41, 5.74) is -0.895. The SMILES string of the molecule is C[C@H](O)Cn1cc(C(=O)C[C@@H](c2ccc(C(F)(F)F)cc2)c2ncccc2F)ccc1=O. The molecule has 0 saturated heterocycles. The maximum absolute atomic E-state index is 14.5.